The van der Waals surface area contributed by atoms with Gasteiger partial charge >= 0.3 is 0 Å². The van der Waals surface area contributed by atoms with Gasteiger partial charge in [0.05, 0.1) is 11.6 Å². The topological polar surface area (TPSA) is 26.3 Å². The molecule has 2 nitrogen and oxygen atoms in total. The molecule has 0 spiro atoms. The molecule has 10 aromatic rings. The molecule has 0 N–H and O–H groups in total. The van der Waals surface area contributed by atoms with Gasteiger partial charge in [-0.2, -0.15) is 0 Å². The minimum Gasteiger partial charge on any atom is -0.464 e. The van der Waals surface area contributed by atoms with Gasteiger partial charge in [-0.15, -0.1) is 11.3 Å². The molecule has 0 radical (unpaired) electrons. The highest BCUT2D eigenvalue weighted by Crippen LogP contribution is 2.48. The number of furan rings is 2. The molecular weight excluding hydrogens is 545 g/mol. The van der Waals surface area contributed by atoms with E-state index in [0.717, 1.165) is 38.5 Å². The Labute approximate surface area is 250 Å². The first-order valence-electron chi connectivity index (χ1n) is 14.5. The lowest BCUT2D eigenvalue weighted by Gasteiger charge is -2.18. The van der Waals surface area contributed by atoms with Crippen LogP contribution in [0.5, 0.6) is 0 Å². The Kier molecular flexibility index (Phi) is 4.63. The normalized spacial score (nSPS) is 12.2. The van der Waals surface area contributed by atoms with Crippen molar-refractivity contribution >= 4 is 86.0 Å². The van der Waals surface area contributed by atoms with Crippen molar-refractivity contribution in [1.29, 1.82) is 0 Å². The molecule has 3 heterocycles. The van der Waals surface area contributed by atoms with Crippen LogP contribution < -0.4 is 0 Å². The molecule has 10 rings (SSSR count). The van der Waals surface area contributed by atoms with Crippen LogP contribution in [-0.2, 0) is 0 Å². The Morgan fingerprint density at radius 3 is 1.81 bits per heavy atom. The van der Waals surface area contributed by atoms with Crippen LogP contribution >= 0.6 is 11.3 Å². The summed E-state index contributed by atoms with van der Waals surface area (Å²) in [6, 6.07) is 45.9. The quantitative estimate of drug-likeness (QED) is 0.195. The van der Waals surface area contributed by atoms with Crippen molar-refractivity contribution in [2.45, 2.75) is 0 Å². The predicted molar refractivity (Wildman–Crippen MR) is 182 cm³/mol. The second-order valence-electron chi connectivity index (χ2n) is 11.2. The number of para-hydroxylation sites is 1. The minimum absolute atomic E-state index is 0.848. The lowest BCUT2D eigenvalue weighted by atomic mass is 9.85. The summed E-state index contributed by atoms with van der Waals surface area (Å²) in [6.45, 7) is 0. The zero-order chi connectivity index (χ0) is 28.1. The molecule has 7 aromatic carbocycles. The number of benzene rings is 7. The zero-order valence-electron chi connectivity index (χ0n) is 22.9. The van der Waals surface area contributed by atoms with E-state index in [1.807, 2.05) is 29.5 Å². The van der Waals surface area contributed by atoms with E-state index in [1.165, 1.54) is 58.4 Å². The van der Waals surface area contributed by atoms with E-state index >= 15 is 0 Å². The molecule has 0 fully saturated rings. The fraction of sp³-hybridized carbons (Fsp3) is 0. The van der Waals surface area contributed by atoms with E-state index in [1.54, 1.807) is 6.26 Å². The molecule has 0 unspecified atom stereocenters. The fourth-order valence-corrected chi connectivity index (χ4v) is 8.20. The van der Waals surface area contributed by atoms with Gasteiger partial charge < -0.3 is 8.83 Å². The van der Waals surface area contributed by atoms with Gasteiger partial charge in [0.2, 0.25) is 0 Å². The van der Waals surface area contributed by atoms with Gasteiger partial charge in [-0.25, -0.2) is 0 Å². The third-order valence-electron chi connectivity index (χ3n) is 8.94. The third kappa shape index (κ3) is 3.17. The smallest absolute Gasteiger partial charge is 0.146 e. The van der Waals surface area contributed by atoms with Crippen LogP contribution in [0.1, 0.15) is 0 Å². The molecule has 43 heavy (non-hydrogen) atoms. The summed E-state index contributed by atoms with van der Waals surface area (Å²) in [4.78, 5) is 0. The van der Waals surface area contributed by atoms with Crippen molar-refractivity contribution in [2.75, 3.05) is 0 Å². The van der Waals surface area contributed by atoms with E-state index in [4.69, 9.17) is 8.83 Å². The van der Waals surface area contributed by atoms with Gasteiger partial charge in [-0.1, -0.05) is 91.0 Å². The van der Waals surface area contributed by atoms with Crippen LogP contribution in [0.25, 0.3) is 96.9 Å². The lowest BCUT2D eigenvalue weighted by Crippen LogP contribution is -1.91. The van der Waals surface area contributed by atoms with Crippen molar-refractivity contribution in [2.24, 2.45) is 0 Å². The monoisotopic (exact) mass is 566 g/mol. The van der Waals surface area contributed by atoms with Crippen LogP contribution in [0.15, 0.2) is 142 Å². The van der Waals surface area contributed by atoms with Crippen molar-refractivity contribution in [3.05, 3.63) is 134 Å². The maximum Gasteiger partial charge on any atom is 0.146 e. The molecule has 0 saturated carbocycles. The predicted octanol–water partition coefficient (Wildman–Crippen LogP) is 12.3. The maximum atomic E-state index is 6.37. The number of fused-ring (bicyclic) bond motifs is 10. The molecule has 0 bridgehead atoms. The maximum absolute atomic E-state index is 6.37. The summed E-state index contributed by atoms with van der Waals surface area (Å²) in [5, 5.41) is 10.7. The molecule has 0 aliphatic heterocycles. The number of thiophene rings is 1. The highest BCUT2D eigenvalue weighted by atomic mass is 32.1. The Bertz CT molecular complexity index is 2680. The van der Waals surface area contributed by atoms with Gasteiger partial charge in [0.15, 0.2) is 0 Å². The molecule has 0 aliphatic rings. The van der Waals surface area contributed by atoms with Gasteiger partial charge in [-0.3, -0.25) is 0 Å². The molecular formula is C40H22O2S. The van der Waals surface area contributed by atoms with Crippen molar-refractivity contribution < 1.29 is 8.83 Å². The Morgan fingerprint density at radius 2 is 1.05 bits per heavy atom. The molecule has 0 aliphatic carbocycles. The van der Waals surface area contributed by atoms with E-state index in [2.05, 4.69) is 109 Å². The second-order valence-corrected chi connectivity index (χ2v) is 12.3. The second kappa shape index (κ2) is 8.57. The van der Waals surface area contributed by atoms with Crippen molar-refractivity contribution in [3.63, 3.8) is 0 Å². The van der Waals surface area contributed by atoms with E-state index < -0.39 is 0 Å². The van der Waals surface area contributed by atoms with Gasteiger partial charge in [0, 0.05) is 42.1 Å². The zero-order valence-corrected chi connectivity index (χ0v) is 23.7. The molecule has 0 amide bonds. The Morgan fingerprint density at radius 1 is 0.419 bits per heavy atom. The summed E-state index contributed by atoms with van der Waals surface area (Å²) >= 11 is 1.86. The highest BCUT2D eigenvalue weighted by molar-refractivity contribution is 7.25. The summed E-state index contributed by atoms with van der Waals surface area (Å²) < 4.78 is 15.2. The van der Waals surface area contributed by atoms with Crippen LogP contribution in [0, 0.1) is 0 Å². The average molecular weight is 567 g/mol. The molecule has 3 aromatic heterocycles. The summed E-state index contributed by atoms with van der Waals surface area (Å²) in [6.07, 6.45) is 1.78. The van der Waals surface area contributed by atoms with Gasteiger partial charge in [0.25, 0.3) is 0 Å². The number of rotatable bonds is 2. The number of hydrogen-bond donors (Lipinski definition) is 0. The summed E-state index contributed by atoms with van der Waals surface area (Å²) in [5.41, 5.74) is 7.36. The molecule has 0 saturated heterocycles. The van der Waals surface area contributed by atoms with E-state index in [-0.39, 0.29) is 0 Å². The summed E-state index contributed by atoms with van der Waals surface area (Å²) in [7, 11) is 0. The highest BCUT2D eigenvalue weighted by Gasteiger charge is 2.22. The largest absolute Gasteiger partial charge is 0.464 e. The van der Waals surface area contributed by atoms with Crippen molar-refractivity contribution in [3.8, 4) is 22.3 Å². The van der Waals surface area contributed by atoms with Gasteiger partial charge in [0.1, 0.15) is 16.7 Å². The standard InChI is InChI=1S/C40H22O2S/c1-3-13-28-26(11-1)37(23-17-18-36-31(21-23)25-10-6-8-16-35(25)43-36)27-12-2-4-14-29(27)38(28)33-22-32-24-9-5-7-15-34(24)42-40(32)30-19-20-41-39(30)33/h1-22H. The Hall–Kier alpha value is -5.38. The summed E-state index contributed by atoms with van der Waals surface area (Å²) in [5.74, 6) is 0. The average Bonchev–Trinajstić information content (AvgIpc) is 3.78. The van der Waals surface area contributed by atoms with Crippen LogP contribution in [0.3, 0.4) is 0 Å². The third-order valence-corrected chi connectivity index (χ3v) is 10.1. The van der Waals surface area contributed by atoms with Crippen molar-refractivity contribution in [1.82, 2.24) is 0 Å². The van der Waals surface area contributed by atoms with E-state index in [9.17, 15) is 0 Å². The number of hydrogen-bond acceptors (Lipinski definition) is 3. The van der Waals surface area contributed by atoms with Crippen LogP contribution in [0.4, 0.5) is 0 Å². The Balaban J connectivity index is 1.35. The SMILES string of the molecule is c1ccc2c(c1)oc1c3ccoc3c(-c3c4ccccc4c(-c4ccc5sc6ccccc6c5c4)c4ccccc34)cc21. The molecule has 3 heteroatoms. The molecule has 200 valence electrons. The first kappa shape index (κ1) is 23.2. The van der Waals surface area contributed by atoms with Gasteiger partial charge in [-0.05, 0) is 69.1 Å². The van der Waals surface area contributed by atoms with Crippen LogP contribution in [0.2, 0.25) is 0 Å². The molecule has 0 atom stereocenters. The minimum atomic E-state index is 0.848. The lowest BCUT2D eigenvalue weighted by molar-refractivity contribution is 0.616. The van der Waals surface area contributed by atoms with Crippen LogP contribution in [-0.4, -0.2) is 0 Å². The fourth-order valence-electron chi connectivity index (χ4n) is 7.11. The van der Waals surface area contributed by atoms with E-state index in [0.29, 0.717) is 0 Å². The first-order chi connectivity index (χ1) is 21.3. The first-order valence-corrected chi connectivity index (χ1v) is 15.3.